The van der Waals surface area contributed by atoms with Crippen molar-refractivity contribution in [2.45, 2.75) is 44.6 Å². The van der Waals surface area contributed by atoms with E-state index in [1.54, 1.807) is 0 Å². The second kappa shape index (κ2) is 4.64. The average molecular weight is 201 g/mol. The van der Waals surface area contributed by atoms with Gasteiger partial charge in [-0.2, -0.15) is 0 Å². The van der Waals surface area contributed by atoms with Crippen molar-refractivity contribution < 1.29 is 15.0 Å². The van der Waals surface area contributed by atoms with Crippen LogP contribution < -0.4 is 0 Å². The molecule has 1 heterocycles. The topological polar surface area (TPSA) is 60.8 Å². The van der Waals surface area contributed by atoms with Crippen LogP contribution in [-0.2, 0) is 0 Å². The highest BCUT2D eigenvalue weighted by atomic mass is 16.4. The first-order valence-electron chi connectivity index (χ1n) is 5.28. The summed E-state index contributed by atoms with van der Waals surface area (Å²) in [5.41, 5.74) is -0.484. The van der Waals surface area contributed by atoms with Crippen LogP contribution in [-0.4, -0.2) is 39.9 Å². The van der Waals surface area contributed by atoms with Crippen LogP contribution in [0.5, 0.6) is 0 Å². The molecule has 14 heavy (non-hydrogen) atoms. The molecule has 0 aromatic heterocycles. The molecule has 1 aliphatic rings. The fourth-order valence-corrected chi connectivity index (χ4v) is 2.25. The van der Waals surface area contributed by atoms with Crippen LogP contribution in [0.15, 0.2) is 0 Å². The third-order valence-electron chi connectivity index (χ3n) is 3.12. The monoisotopic (exact) mass is 201 g/mol. The van der Waals surface area contributed by atoms with Crippen molar-refractivity contribution in [2.75, 3.05) is 13.2 Å². The van der Waals surface area contributed by atoms with Gasteiger partial charge in [0.25, 0.3) is 0 Å². The van der Waals surface area contributed by atoms with Gasteiger partial charge in [0.2, 0.25) is 0 Å². The SMILES string of the molecule is CCCCC1(CO)CCCN1C(=O)O. The van der Waals surface area contributed by atoms with Crippen molar-refractivity contribution in [1.29, 1.82) is 0 Å². The molecule has 82 valence electrons. The van der Waals surface area contributed by atoms with Gasteiger partial charge in [-0.05, 0) is 19.3 Å². The van der Waals surface area contributed by atoms with Gasteiger partial charge in [0.1, 0.15) is 0 Å². The van der Waals surface area contributed by atoms with Gasteiger partial charge in [0.05, 0.1) is 12.1 Å². The molecule has 1 atom stereocenters. The molecule has 0 radical (unpaired) electrons. The molecule has 0 aromatic rings. The summed E-state index contributed by atoms with van der Waals surface area (Å²) >= 11 is 0. The van der Waals surface area contributed by atoms with E-state index in [1.165, 1.54) is 4.90 Å². The minimum absolute atomic E-state index is 0.0424. The summed E-state index contributed by atoms with van der Waals surface area (Å²) < 4.78 is 0. The van der Waals surface area contributed by atoms with E-state index in [0.717, 1.165) is 32.1 Å². The van der Waals surface area contributed by atoms with E-state index in [9.17, 15) is 9.90 Å². The number of nitrogens with zero attached hydrogens (tertiary/aromatic N) is 1. The van der Waals surface area contributed by atoms with Gasteiger partial charge in [-0.1, -0.05) is 19.8 Å². The van der Waals surface area contributed by atoms with E-state index in [1.807, 2.05) is 0 Å². The van der Waals surface area contributed by atoms with Crippen LogP contribution in [0.3, 0.4) is 0 Å². The van der Waals surface area contributed by atoms with Crippen molar-refractivity contribution in [3.05, 3.63) is 0 Å². The predicted octanol–water partition coefficient (Wildman–Crippen LogP) is 1.68. The standard InChI is InChI=1S/C10H19NO3/c1-2-3-5-10(8-12)6-4-7-11(10)9(13)14/h12H,2-8H2,1H3,(H,13,14). The maximum atomic E-state index is 11.0. The number of hydrogen-bond acceptors (Lipinski definition) is 2. The van der Waals surface area contributed by atoms with E-state index in [-0.39, 0.29) is 6.61 Å². The van der Waals surface area contributed by atoms with E-state index in [2.05, 4.69) is 6.92 Å². The van der Waals surface area contributed by atoms with Gasteiger partial charge in [-0.25, -0.2) is 4.79 Å². The number of hydrogen-bond donors (Lipinski definition) is 2. The fourth-order valence-electron chi connectivity index (χ4n) is 2.25. The first-order valence-corrected chi connectivity index (χ1v) is 5.28. The van der Waals surface area contributed by atoms with E-state index < -0.39 is 11.6 Å². The number of carbonyl (C=O) groups is 1. The zero-order valence-corrected chi connectivity index (χ0v) is 8.70. The van der Waals surface area contributed by atoms with E-state index in [4.69, 9.17) is 5.11 Å². The Hall–Kier alpha value is -0.770. The van der Waals surface area contributed by atoms with Crippen LogP contribution in [0.25, 0.3) is 0 Å². The van der Waals surface area contributed by atoms with Crippen molar-refractivity contribution in [1.82, 2.24) is 4.90 Å². The van der Waals surface area contributed by atoms with E-state index >= 15 is 0 Å². The number of aliphatic hydroxyl groups excluding tert-OH is 1. The number of unbranched alkanes of at least 4 members (excludes halogenated alkanes) is 1. The van der Waals surface area contributed by atoms with Crippen LogP contribution in [0.4, 0.5) is 4.79 Å². The van der Waals surface area contributed by atoms with Crippen molar-refractivity contribution in [2.24, 2.45) is 0 Å². The second-order valence-corrected chi connectivity index (χ2v) is 4.02. The molecule has 1 unspecified atom stereocenters. The van der Waals surface area contributed by atoms with E-state index in [0.29, 0.717) is 6.54 Å². The smallest absolute Gasteiger partial charge is 0.407 e. The van der Waals surface area contributed by atoms with Crippen LogP contribution in [0.2, 0.25) is 0 Å². The number of likely N-dealkylation sites (tertiary alicyclic amines) is 1. The number of amides is 1. The molecule has 4 heteroatoms. The van der Waals surface area contributed by atoms with Crippen LogP contribution >= 0.6 is 0 Å². The maximum Gasteiger partial charge on any atom is 0.407 e. The molecule has 0 bridgehead atoms. The lowest BCUT2D eigenvalue weighted by Crippen LogP contribution is -2.49. The lowest BCUT2D eigenvalue weighted by molar-refractivity contribution is 0.0530. The molecule has 1 rings (SSSR count). The molecule has 0 aliphatic carbocycles. The highest BCUT2D eigenvalue weighted by molar-refractivity contribution is 5.66. The zero-order valence-electron chi connectivity index (χ0n) is 8.70. The Bertz CT molecular complexity index is 208. The molecular formula is C10H19NO3. The van der Waals surface area contributed by atoms with Crippen molar-refractivity contribution in [3.8, 4) is 0 Å². The summed E-state index contributed by atoms with van der Waals surface area (Å²) in [6.07, 6.45) is 3.57. The van der Waals surface area contributed by atoms with Gasteiger partial charge in [-0.15, -0.1) is 0 Å². The lowest BCUT2D eigenvalue weighted by Gasteiger charge is -2.35. The van der Waals surface area contributed by atoms with Crippen molar-refractivity contribution in [3.63, 3.8) is 0 Å². The van der Waals surface area contributed by atoms with Gasteiger partial charge >= 0.3 is 6.09 Å². The fraction of sp³-hybridized carbons (Fsp3) is 0.900. The van der Waals surface area contributed by atoms with Gasteiger partial charge < -0.3 is 15.1 Å². The normalized spacial score (nSPS) is 26.9. The average Bonchev–Trinajstić information content (AvgIpc) is 2.59. The van der Waals surface area contributed by atoms with Crippen LogP contribution in [0.1, 0.15) is 39.0 Å². The summed E-state index contributed by atoms with van der Waals surface area (Å²) in [6, 6.07) is 0. The third-order valence-corrected chi connectivity index (χ3v) is 3.12. The van der Waals surface area contributed by atoms with Gasteiger partial charge in [0.15, 0.2) is 0 Å². The minimum Gasteiger partial charge on any atom is -0.465 e. The highest BCUT2D eigenvalue weighted by Gasteiger charge is 2.42. The molecule has 0 spiro atoms. The first kappa shape index (κ1) is 11.3. The van der Waals surface area contributed by atoms with Gasteiger partial charge in [-0.3, -0.25) is 0 Å². The molecule has 1 aliphatic heterocycles. The third kappa shape index (κ3) is 2.00. The zero-order chi connectivity index (χ0) is 10.6. The lowest BCUT2D eigenvalue weighted by atomic mass is 9.91. The molecule has 1 saturated heterocycles. The summed E-state index contributed by atoms with van der Waals surface area (Å²) in [5, 5.41) is 18.4. The van der Waals surface area contributed by atoms with Crippen LogP contribution in [0, 0.1) is 0 Å². The molecule has 2 N–H and O–H groups in total. The Kier molecular flexibility index (Phi) is 3.75. The van der Waals surface area contributed by atoms with Gasteiger partial charge in [0, 0.05) is 6.54 Å². The number of aliphatic hydroxyl groups is 1. The summed E-state index contributed by atoms with van der Waals surface area (Å²) in [4.78, 5) is 12.4. The molecule has 0 saturated carbocycles. The molecule has 1 fully saturated rings. The highest BCUT2D eigenvalue weighted by Crippen LogP contribution is 2.33. The van der Waals surface area contributed by atoms with Crippen molar-refractivity contribution >= 4 is 6.09 Å². The summed E-state index contributed by atoms with van der Waals surface area (Å²) in [7, 11) is 0. The summed E-state index contributed by atoms with van der Waals surface area (Å²) in [6.45, 7) is 2.60. The maximum absolute atomic E-state index is 11.0. The molecule has 4 nitrogen and oxygen atoms in total. The first-order chi connectivity index (χ1) is 6.66. The Labute approximate surface area is 84.5 Å². The number of rotatable bonds is 4. The molecular weight excluding hydrogens is 182 g/mol. The Morgan fingerprint density at radius 1 is 1.57 bits per heavy atom. The largest absolute Gasteiger partial charge is 0.465 e. The Balaban J connectivity index is 2.69. The quantitative estimate of drug-likeness (QED) is 0.727. The number of carboxylic acid groups (broad SMARTS) is 1. The Morgan fingerprint density at radius 2 is 2.29 bits per heavy atom. The predicted molar refractivity (Wildman–Crippen MR) is 53.3 cm³/mol. The molecule has 1 amide bonds. The summed E-state index contributed by atoms with van der Waals surface area (Å²) in [5.74, 6) is 0. The second-order valence-electron chi connectivity index (χ2n) is 4.02. The molecule has 0 aromatic carbocycles. The minimum atomic E-state index is -0.896. The Morgan fingerprint density at radius 3 is 2.79 bits per heavy atom.